The second kappa shape index (κ2) is 13.6. The maximum atomic E-state index is 14.4. The molecule has 10 heteroatoms. The van der Waals surface area contributed by atoms with E-state index in [1.54, 1.807) is 18.3 Å². The van der Waals surface area contributed by atoms with Gasteiger partial charge in [0.1, 0.15) is 11.4 Å². The van der Waals surface area contributed by atoms with Crippen LogP contribution in [0.4, 0.5) is 5.69 Å². The summed E-state index contributed by atoms with van der Waals surface area (Å²) in [6, 6.07) is 26.8. The number of nitrogens with zero attached hydrogens (tertiary/aromatic N) is 3. The predicted octanol–water partition coefficient (Wildman–Crippen LogP) is 8.64. The van der Waals surface area contributed by atoms with E-state index in [0.717, 1.165) is 59.3 Å². The van der Waals surface area contributed by atoms with Crippen LogP contribution in [-0.2, 0) is 0 Å². The SMILES string of the molecule is CC(c1ccc(Cl)cc1)n1cnc(-c2ccccc2)c1-c1c(C(=O)Nc2cccnc2OCC2CCCNC2)[nH]c2cc(Cl)ccc12. The maximum Gasteiger partial charge on any atom is 0.272 e. The lowest BCUT2D eigenvalue weighted by Crippen LogP contribution is -2.33. The Hall–Kier alpha value is -4.63. The van der Waals surface area contributed by atoms with E-state index in [4.69, 9.17) is 32.9 Å². The van der Waals surface area contributed by atoms with Crippen molar-refractivity contribution in [1.29, 1.82) is 0 Å². The van der Waals surface area contributed by atoms with Crippen LogP contribution >= 0.6 is 23.2 Å². The van der Waals surface area contributed by atoms with Crippen LogP contribution in [0.15, 0.2) is 97.5 Å². The molecule has 0 bridgehead atoms. The minimum absolute atomic E-state index is 0.131. The number of carbonyl (C=O) groups is 1. The minimum Gasteiger partial charge on any atom is -0.476 e. The number of amides is 1. The molecule has 1 saturated heterocycles. The van der Waals surface area contributed by atoms with Crippen molar-refractivity contribution < 1.29 is 9.53 Å². The summed E-state index contributed by atoms with van der Waals surface area (Å²) in [6.07, 6.45) is 5.71. The molecule has 1 fully saturated rings. The van der Waals surface area contributed by atoms with Crippen molar-refractivity contribution >= 4 is 45.7 Å². The molecule has 0 aliphatic carbocycles. The van der Waals surface area contributed by atoms with Crippen LogP contribution in [0, 0.1) is 5.92 Å². The molecule has 3 aromatic carbocycles. The number of rotatable bonds is 9. The highest BCUT2D eigenvalue weighted by Crippen LogP contribution is 2.41. The molecular weight excluding hydrogens is 631 g/mol. The molecule has 2 atom stereocenters. The van der Waals surface area contributed by atoms with Crippen molar-refractivity contribution in [2.75, 3.05) is 25.0 Å². The normalized spacial score (nSPS) is 15.4. The molecule has 238 valence electrons. The molecule has 3 aromatic heterocycles. The third kappa shape index (κ3) is 6.49. The van der Waals surface area contributed by atoms with E-state index in [0.29, 0.717) is 45.4 Å². The number of aromatic nitrogens is 4. The Labute approximate surface area is 283 Å². The van der Waals surface area contributed by atoms with Gasteiger partial charge < -0.3 is 24.9 Å². The fourth-order valence-corrected chi connectivity index (χ4v) is 6.54. The van der Waals surface area contributed by atoms with Gasteiger partial charge in [-0.05, 0) is 68.3 Å². The standard InChI is InChI=1S/C37H34Cl2N6O2/c1-23(25-11-13-27(38)14-12-25)45-22-42-33(26-8-3-2-4-9-26)35(45)32-29-16-15-28(39)19-31(29)43-34(32)36(46)44-30-10-6-18-41-37(30)47-21-24-7-5-17-40-20-24/h2-4,6,8-16,18-19,22-24,40,43H,5,7,17,20-21H2,1H3,(H,44,46). The van der Waals surface area contributed by atoms with Crippen molar-refractivity contribution in [3.63, 3.8) is 0 Å². The lowest BCUT2D eigenvalue weighted by Gasteiger charge is -2.23. The van der Waals surface area contributed by atoms with Gasteiger partial charge in [0.2, 0.25) is 5.88 Å². The molecule has 7 rings (SSSR count). The van der Waals surface area contributed by atoms with Crippen molar-refractivity contribution in [3.05, 3.63) is 119 Å². The summed E-state index contributed by atoms with van der Waals surface area (Å²) in [6.45, 7) is 4.56. The highest BCUT2D eigenvalue weighted by atomic mass is 35.5. The molecule has 6 aromatic rings. The first-order valence-corrected chi connectivity index (χ1v) is 16.5. The summed E-state index contributed by atoms with van der Waals surface area (Å²) >= 11 is 12.7. The van der Waals surface area contributed by atoms with Gasteiger partial charge in [-0.2, -0.15) is 0 Å². The van der Waals surface area contributed by atoms with Gasteiger partial charge in [0, 0.05) is 50.7 Å². The van der Waals surface area contributed by atoms with E-state index >= 15 is 0 Å². The molecule has 0 spiro atoms. The number of piperidine rings is 1. The average Bonchev–Trinajstić information content (AvgIpc) is 3.70. The van der Waals surface area contributed by atoms with Gasteiger partial charge in [-0.1, -0.05) is 71.7 Å². The molecule has 47 heavy (non-hydrogen) atoms. The molecule has 4 heterocycles. The topological polar surface area (TPSA) is 96.9 Å². The van der Waals surface area contributed by atoms with Gasteiger partial charge in [0.05, 0.1) is 30.4 Å². The number of hydrogen-bond donors (Lipinski definition) is 3. The van der Waals surface area contributed by atoms with Crippen molar-refractivity contribution in [3.8, 4) is 28.4 Å². The van der Waals surface area contributed by atoms with Gasteiger partial charge in [-0.3, -0.25) is 4.79 Å². The first kappa shape index (κ1) is 31.0. The third-order valence-corrected chi connectivity index (χ3v) is 9.20. The summed E-state index contributed by atoms with van der Waals surface area (Å²) in [4.78, 5) is 27.1. The van der Waals surface area contributed by atoms with Crippen molar-refractivity contribution in [2.24, 2.45) is 5.92 Å². The van der Waals surface area contributed by atoms with E-state index in [2.05, 4.69) is 32.1 Å². The van der Waals surface area contributed by atoms with Crippen LogP contribution in [0.2, 0.25) is 10.0 Å². The zero-order chi connectivity index (χ0) is 32.3. The number of fused-ring (bicyclic) bond motifs is 1. The van der Waals surface area contributed by atoms with Crippen LogP contribution in [0.3, 0.4) is 0 Å². The molecule has 0 saturated carbocycles. The van der Waals surface area contributed by atoms with Gasteiger partial charge >= 0.3 is 0 Å². The monoisotopic (exact) mass is 664 g/mol. The Balaban J connectivity index is 1.34. The number of anilines is 1. The van der Waals surface area contributed by atoms with Crippen LogP contribution in [0.5, 0.6) is 5.88 Å². The number of hydrogen-bond acceptors (Lipinski definition) is 5. The zero-order valence-corrected chi connectivity index (χ0v) is 27.4. The van der Waals surface area contributed by atoms with Gasteiger partial charge in [-0.15, -0.1) is 0 Å². The molecule has 1 amide bonds. The fraction of sp³-hybridized carbons (Fsp3) is 0.216. The molecule has 1 aliphatic heterocycles. The second-order valence-electron chi connectivity index (χ2n) is 11.8. The fourth-order valence-electron chi connectivity index (χ4n) is 6.25. The third-order valence-electron chi connectivity index (χ3n) is 8.71. The number of nitrogens with one attached hydrogen (secondary N) is 3. The minimum atomic E-state index is -0.338. The van der Waals surface area contributed by atoms with Gasteiger partial charge in [-0.25, -0.2) is 9.97 Å². The molecule has 0 radical (unpaired) electrons. The van der Waals surface area contributed by atoms with Gasteiger partial charge in [0.15, 0.2) is 0 Å². The summed E-state index contributed by atoms with van der Waals surface area (Å²) in [5, 5.41) is 8.57. The Bertz CT molecular complexity index is 2020. The zero-order valence-electron chi connectivity index (χ0n) is 25.8. The molecule has 1 aliphatic rings. The quantitative estimate of drug-likeness (QED) is 0.144. The molecule has 8 nitrogen and oxygen atoms in total. The highest BCUT2D eigenvalue weighted by Gasteiger charge is 2.28. The Morgan fingerprint density at radius 1 is 1.02 bits per heavy atom. The summed E-state index contributed by atoms with van der Waals surface area (Å²) in [5.74, 6) is 0.438. The summed E-state index contributed by atoms with van der Waals surface area (Å²) in [5.41, 5.74) is 5.84. The van der Waals surface area contributed by atoms with E-state index < -0.39 is 0 Å². The number of benzene rings is 3. The Morgan fingerprint density at radius 3 is 2.62 bits per heavy atom. The van der Waals surface area contributed by atoms with Crippen LogP contribution < -0.4 is 15.4 Å². The number of H-pyrrole nitrogens is 1. The van der Waals surface area contributed by atoms with Gasteiger partial charge in [0.25, 0.3) is 5.91 Å². The second-order valence-corrected chi connectivity index (χ2v) is 12.7. The lowest BCUT2D eigenvalue weighted by atomic mass is 9.99. The molecule has 3 N–H and O–H groups in total. The highest BCUT2D eigenvalue weighted by molar-refractivity contribution is 6.31. The molecular formula is C37H34Cl2N6O2. The number of pyridine rings is 1. The smallest absolute Gasteiger partial charge is 0.272 e. The molecule has 2 unspecified atom stereocenters. The Morgan fingerprint density at radius 2 is 1.83 bits per heavy atom. The average molecular weight is 666 g/mol. The van der Waals surface area contributed by atoms with Crippen LogP contribution in [-0.4, -0.2) is 45.1 Å². The summed E-state index contributed by atoms with van der Waals surface area (Å²) in [7, 11) is 0. The van der Waals surface area contributed by atoms with E-state index in [9.17, 15) is 4.79 Å². The maximum absolute atomic E-state index is 14.4. The predicted molar refractivity (Wildman–Crippen MR) is 189 cm³/mol. The first-order chi connectivity index (χ1) is 23.0. The lowest BCUT2D eigenvalue weighted by molar-refractivity contribution is 0.102. The first-order valence-electron chi connectivity index (χ1n) is 15.8. The van der Waals surface area contributed by atoms with Crippen molar-refractivity contribution in [1.82, 2.24) is 24.8 Å². The largest absolute Gasteiger partial charge is 0.476 e. The number of imidazole rings is 1. The summed E-state index contributed by atoms with van der Waals surface area (Å²) < 4.78 is 8.27. The number of ether oxygens (including phenoxy) is 1. The number of carbonyl (C=O) groups excluding carboxylic acids is 1. The van der Waals surface area contributed by atoms with E-state index in [1.807, 2.05) is 79.1 Å². The van der Waals surface area contributed by atoms with Crippen LogP contribution in [0.1, 0.15) is 41.9 Å². The van der Waals surface area contributed by atoms with E-state index in [-0.39, 0.29) is 11.9 Å². The van der Waals surface area contributed by atoms with E-state index in [1.165, 1.54) is 0 Å². The van der Waals surface area contributed by atoms with Crippen LogP contribution in [0.25, 0.3) is 33.4 Å². The number of halogens is 2. The Kier molecular flexibility index (Phi) is 8.98. The number of aromatic amines is 1. The van der Waals surface area contributed by atoms with Crippen molar-refractivity contribution in [2.45, 2.75) is 25.8 Å².